The van der Waals surface area contributed by atoms with Gasteiger partial charge in [-0.25, -0.2) is 4.39 Å². The van der Waals surface area contributed by atoms with Crippen molar-refractivity contribution in [1.82, 2.24) is 0 Å². The van der Waals surface area contributed by atoms with Crippen LogP contribution in [0.5, 0.6) is 5.75 Å². The van der Waals surface area contributed by atoms with Crippen molar-refractivity contribution in [2.45, 2.75) is 19.4 Å². The molecule has 1 aliphatic rings. The van der Waals surface area contributed by atoms with Crippen molar-refractivity contribution in [3.63, 3.8) is 0 Å². The number of benzene rings is 2. The van der Waals surface area contributed by atoms with Crippen LogP contribution in [0.3, 0.4) is 0 Å². The summed E-state index contributed by atoms with van der Waals surface area (Å²) < 4.78 is 24.8. The van der Waals surface area contributed by atoms with Crippen molar-refractivity contribution in [3.05, 3.63) is 52.3 Å². The van der Waals surface area contributed by atoms with Gasteiger partial charge in [-0.05, 0) is 30.7 Å². The normalized spacial score (nSPS) is 16.9. The van der Waals surface area contributed by atoms with E-state index in [0.717, 1.165) is 23.3 Å². The van der Waals surface area contributed by atoms with Gasteiger partial charge in [0.15, 0.2) is 0 Å². The summed E-state index contributed by atoms with van der Waals surface area (Å²) in [5.41, 5.74) is 3.30. The molecule has 0 N–H and O–H groups in total. The number of hydrogen-bond donors (Lipinski definition) is 0. The summed E-state index contributed by atoms with van der Waals surface area (Å²) in [7, 11) is 1.60. The quantitative estimate of drug-likeness (QED) is 0.781. The fraction of sp³-hybridized carbons (Fsp3) is 0.294. The molecule has 3 rings (SSSR count). The maximum absolute atomic E-state index is 14.0. The molecule has 1 fully saturated rings. The van der Waals surface area contributed by atoms with E-state index < -0.39 is 0 Å². The Labute approximate surface area is 128 Å². The standard InChI is InChI=1S/C17H16ClFO2/c1-10-4-3-5-15(18)16(10)14-8-12(19)6-11(17(14)20-2)7-13-9-21-13/h3-6,8,13H,7,9H2,1-2H3. The molecule has 4 heteroatoms. The number of ether oxygens (including phenoxy) is 2. The van der Waals surface area contributed by atoms with Gasteiger partial charge in [0.2, 0.25) is 0 Å². The minimum Gasteiger partial charge on any atom is -0.496 e. The molecular weight excluding hydrogens is 291 g/mol. The minimum absolute atomic E-state index is 0.167. The van der Waals surface area contributed by atoms with E-state index in [-0.39, 0.29) is 11.9 Å². The van der Waals surface area contributed by atoms with Crippen LogP contribution in [0.2, 0.25) is 5.02 Å². The van der Waals surface area contributed by atoms with Gasteiger partial charge in [0.05, 0.1) is 19.8 Å². The Morgan fingerprint density at radius 3 is 2.76 bits per heavy atom. The van der Waals surface area contributed by atoms with Gasteiger partial charge in [-0.2, -0.15) is 0 Å². The summed E-state index contributed by atoms with van der Waals surface area (Å²) in [5, 5.41) is 0.590. The lowest BCUT2D eigenvalue weighted by Gasteiger charge is -2.16. The van der Waals surface area contributed by atoms with Crippen LogP contribution in [-0.4, -0.2) is 19.8 Å². The molecule has 0 spiro atoms. The number of epoxide rings is 1. The molecule has 2 nitrogen and oxygen atoms in total. The average molecular weight is 307 g/mol. The Balaban J connectivity index is 2.18. The SMILES string of the molecule is COc1c(CC2CO2)cc(F)cc1-c1c(C)cccc1Cl. The van der Waals surface area contributed by atoms with Crippen LogP contribution in [0.1, 0.15) is 11.1 Å². The Bertz CT molecular complexity index is 660. The van der Waals surface area contributed by atoms with E-state index >= 15 is 0 Å². The molecule has 1 aliphatic heterocycles. The molecule has 21 heavy (non-hydrogen) atoms. The molecule has 110 valence electrons. The molecule has 0 amide bonds. The fourth-order valence-corrected chi connectivity index (χ4v) is 2.96. The molecule has 1 saturated heterocycles. The van der Waals surface area contributed by atoms with Crippen molar-refractivity contribution >= 4 is 11.6 Å². The van der Waals surface area contributed by atoms with Crippen LogP contribution in [0.15, 0.2) is 30.3 Å². The first kappa shape index (κ1) is 14.4. The van der Waals surface area contributed by atoms with Crippen molar-refractivity contribution < 1.29 is 13.9 Å². The number of rotatable bonds is 4. The van der Waals surface area contributed by atoms with E-state index in [1.807, 2.05) is 19.1 Å². The van der Waals surface area contributed by atoms with Crippen LogP contribution in [0.25, 0.3) is 11.1 Å². The second kappa shape index (κ2) is 5.66. The Hall–Kier alpha value is -1.58. The maximum atomic E-state index is 14.0. The highest BCUT2D eigenvalue weighted by molar-refractivity contribution is 6.33. The maximum Gasteiger partial charge on any atom is 0.130 e. The van der Waals surface area contributed by atoms with E-state index in [0.29, 0.717) is 22.8 Å². The largest absolute Gasteiger partial charge is 0.496 e. The smallest absolute Gasteiger partial charge is 0.130 e. The lowest BCUT2D eigenvalue weighted by molar-refractivity contribution is 0.390. The van der Waals surface area contributed by atoms with E-state index in [9.17, 15) is 4.39 Å². The third-order valence-electron chi connectivity index (χ3n) is 3.68. The number of hydrogen-bond acceptors (Lipinski definition) is 2. The third-order valence-corrected chi connectivity index (χ3v) is 3.99. The molecule has 2 aromatic rings. The Morgan fingerprint density at radius 2 is 2.14 bits per heavy atom. The van der Waals surface area contributed by atoms with Crippen molar-refractivity contribution in [2.75, 3.05) is 13.7 Å². The van der Waals surface area contributed by atoms with Gasteiger partial charge in [0, 0.05) is 28.1 Å². The molecule has 1 atom stereocenters. The number of aryl methyl sites for hydroxylation is 1. The van der Waals surface area contributed by atoms with Gasteiger partial charge < -0.3 is 9.47 Å². The molecule has 0 radical (unpaired) electrons. The van der Waals surface area contributed by atoms with Gasteiger partial charge >= 0.3 is 0 Å². The zero-order valence-electron chi connectivity index (χ0n) is 12.0. The van der Waals surface area contributed by atoms with Crippen LogP contribution >= 0.6 is 11.6 Å². The summed E-state index contributed by atoms with van der Waals surface area (Å²) in [6.07, 6.45) is 0.818. The molecule has 2 aromatic carbocycles. The van der Waals surface area contributed by atoms with Crippen LogP contribution < -0.4 is 4.74 Å². The number of halogens is 2. The average Bonchev–Trinajstić information content (AvgIpc) is 3.22. The van der Waals surface area contributed by atoms with E-state index in [1.54, 1.807) is 13.2 Å². The van der Waals surface area contributed by atoms with Crippen LogP contribution in [0.4, 0.5) is 4.39 Å². The molecule has 0 aliphatic carbocycles. The summed E-state index contributed by atoms with van der Waals surface area (Å²) in [4.78, 5) is 0. The fourth-order valence-electron chi connectivity index (χ4n) is 2.63. The highest BCUT2D eigenvalue weighted by Crippen LogP contribution is 2.40. The predicted molar refractivity (Wildman–Crippen MR) is 81.6 cm³/mol. The van der Waals surface area contributed by atoms with Crippen molar-refractivity contribution in [1.29, 1.82) is 0 Å². The monoisotopic (exact) mass is 306 g/mol. The molecule has 1 heterocycles. The first-order valence-electron chi connectivity index (χ1n) is 6.83. The summed E-state index contributed by atoms with van der Waals surface area (Å²) >= 11 is 6.31. The first-order valence-corrected chi connectivity index (χ1v) is 7.21. The molecule has 0 saturated carbocycles. The van der Waals surface area contributed by atoms with E-state index in [2.05, 4.69) is 0 Å². The minimum atomic E-state index is -0.291. The first-order chi connectivity index (χ1) is 10.1. The third kappa shape index (κ3) is 2.89. The molecule has 0 aromatic heterocycles. The van der Waals surface area contributed by atoms with Crippen LogP contribution in [0, 0.1) is 12.7 Å². The Kier molecular flexibility index (Phi) is 3.87. The topological polar surface area (TPSA) is 21.8 Å². The summed E-state index contributed by atoms with van der Waals surface area (Å²) in [6.45, 7) is 2.68. The highest BCUT2D eigenvalue weighted by Gasteiger charge is 2.26. The summed E-state index contributed by atoms with van der Waals surface area (Å²) in [6, 6.07) is 8.62. The highest BCUT2D eigenvalue weighted by atomic mass is 35.5. The van der Waals surface area contributed by atoms with E-state index in [1.165, 1.54) is 12.1 Å². The van der Waals surface area contributed by atoms with Gasteiger partial charge in [-0.15, -0.1) is 0 Å². The second-order valence-corrected chi connectivity index (χ2v) is 5.64. The van der Waals surface area contributed by atoms with Crippen molar-refractivity contribution in [2.24, 2.45) is 0 Å². The van der Waals surface area contributed by atoms with Gasteiger partial charge in [0.1, 0.15) is 11.6 Å². The molecule has 0 bridgehead atoms. The molecular formula is C17H16ClFO2. The van der Waals surface area contributed by atoms with Gasteiger partial charge in [-0.3, -0.25) is 0 Å². The van der Waals surface area contributed by atoms with Gasteiger partial charge in [-0.1, -0.05) is 23.7 Å². The van der Waals surface area contributed by atoms with Crippen LogP contribution in [-0.2, 0) is 11.2 Å². The second-order valence-electron chi connectivity index (χ2n) is 5.24. The lowest BCUT2D eigenvalue weighted by atomic mass is 9.95. The van der Waals surface area contributed by atoms with Gasteiger partial charge in [0.25, 0.3) is 0 Å². The zero-order valence-corrected chi connectivity index (χ0v) is 12.7. The Morgan fingerprint density at radius 1 is 1.38 bits per heavy atom. The predicted octanol–water partition coefficient (Wildman–Crippen LogP) is 4.40. The molecule has 1 unspecified atom stereocenters. The van der Waals surface area contributed by atoms with Crippen molar-refractivity contribution in [3.8, 4) is 16.9 Å². The number of methoxy groups -OCH3 is 1. The summed E-state index contributed by atoms with van der Waals surface area (Å²) in [5.74, 6) is 0.379. The lowest BCUT2D eigenvalue weighted by Crippen LogP contribution is -2.01. The zero-order chi connectivity index (χ0) is 15.0. The van der Waals surface area contributed by atoms with E-state index in [4.69, 9.17) is 21.1 Å².